The lowest BCUT2D eigenvalue weighted by atomic mass is 10.1. The molecule has 0 spiro atoms. The van der Waals surface area contributed by atoms with Gasteiger partial charge in [-0.1, -0.05) is 44.2 Å². The van der Waals surface area contributed by atoms with E-state index in [2.05, 4.69) is 5.32 Å². The van der Waals surface area contributed by atoms with Gasteiger partial charge in [0.2, 0.25) is 5.91 Å². The van der Waals surface area contributed by atoms with Crippen LogP contribution in [-0.4, -0.2) is 17.2 Å². The Morgan fingerprint density at radius 3 is 2.39 bits per heavy atom. The van der Waals surface area contributed by atoms with E-state index in [1.807, 2.05) is 44.2 Å². The Bertz CT molecular complexity index is 407. The summed E-state index contributed by atoms with van der Waals surface area (Å²) < 4.78 is 0. The second-order valence-electron chi connectivity index (χ2n) is 4.31. The van der Waals surface area contributed by atoms with Crippen LogP contribution in [0.1, 0.15) is 19.4 Å². The first-order valence-electron chi connectivity index (χ1n) is 5.76. The molecule has 18 heavy (non-hydrogen) atoms. The highest BCUT2D eigenvalue weighted by Gasteiger charge is 2.23. The maximum Gasteiger partial charge on any atom is 0.318 e. The van der Waals surface area contributed by atoms with E-state index < -0.39 is 6.03 Å². The van der Waals surface area contributed by atoms with Crippen LogP contribution >= 0.6 is 11.8 Å². The molecule has 0 bridgehead atoms. The van der Waals surface area contributed by atoms with E-state index >= 15 is 0 Å². The zero-order valence-electron chi connectivity index (χ0n) is 10.6. The number of amides is 3. The third-order valence-corrected chi connectivity index (χ3v) is 4.00. The number of primary amides is 1. The molecule has 0 radical (unpaired) electrons. The Kier molecular flexibility index (Phi) is 5.71. The summed E-state index contributed by atoms with van der Waals surface area (Å²) in [6.07, 6.45) is 0. The van der Waals surface area contributed by atoms with Gasteiger partial charge >= 0.3 is 6.03 Å². The van der Waals surface area contributed by atoms with Crippen molar-refractivity contribution >= 4 is 23.7 Å². The molecule has 0 fully saturated rings. The van der Waals surface area contributed by atoms with Crippen molar-refractivity contribution in [3.63, 3.8) is 0 Å². The molecule has 0 saturated carbocycles. The van der Waals surface area contributed by atoms with Crippen LogP contribution in [0, 0.1) is 5.92 Å². The second-order valence-corrected chi connectivity index (χ2v) is 5.44. The zero-order chi connectivity index (χ0) is 13.5. The van der Waals surface area contributed by atoms with Crippen LogP contribution in [0.25, 0.3) is 0 Å². The summed E-state index contributed by atoms with van der Waals surface area (Å²) in [4.78, 5) is 22.5. The van der Waals surface area contributed by atoms with Crippen molar-refractivity contribution in [1.82, 2.24) is 5.32 Å². The number of urea groups is 1. The summed E-state index contributed by atoms with van der Waals surface area (Å²) in [6.45, 7) is 3.90. The van der Waals surface area contributed by atoms with Gasteiger partial charge < -0.3 is 5.73 Å². The van der Waals surface area contributed by atoms with Gasteiger partial charge in [0, 0.05) is 5.75 Å². The van der Waals surface area contributed by atoms with E-state index in [1.165, 1.54) is 11.8 Å². The number of rotatable bonds is 5. The molecule has 0 aromatic heterocycles. The Labute approximate surface area is 111 Å². The van der Waals surface area contributed by atoms with Crippen LogP contribution in [0.5, 0.6) is 0 Å². The minimum atomic E-state index is -0.800. The number of carbonyl (C=O) groups is 2. The minimum Gasteiger partial charge on any atom is -0.351 e. The Balaban J connectivity index is 2.58. The van der Waals surface area contributed by atoms with E-state index in [4.69, 9.17) is 5.73 Å². The molecule has 1 aromatic carbocycles. The standard InChI is InChI=1S/C13H18N2O2S/c1-9(2)11(12(16)15-13(14)17)18-8-10-6-4-3-5-7-10/h3-7,9,11H,8H2,1-2H3,(H3,14,15,16,17)/t11-/m0/s1. The number of nitrogens with one attached hydrogen (secondary N) is 1. The Morgan fingerprint density at radius 2 is 1.89 bits per heavy atom. The summed E-state index contributed by atoms with van der Waals surface area (Å²) in [5, 5.41) is 1.86. The van der Waals surface area contributed by atoms with Gasteiger partial charge in [-0.25, -0.2) is 4.79 Å². The Morgan fingerprint density at radius 1 is 1.28 bits per heavy atom. The SMILES string of the molecule is CC(C)[C@H](SCc1ccccc1)C(=O)NC(N)=O. The van der Waals surface area contributed by atoms with E-state index in [9.17, 15) is 9.59 Å². The molecule has 1 aromatic rings. The molecular weight excluding hydrogens is 248 g/mol. The van der Waals surface area contributed by atoms with Gasteiger partial charge in [-0.2, -0.15) is 0 Å². The molecule has 0 unspecified atom stereocenters. The van der Waals surface area contributed by atoms with Crippen LogP contribution in [-0.2, 0) is 10.5 Å². The fourth-order valence-corrected chi connectivity index (χ4v) is 2.68. The first-order chi connectivity index (χ1) is 8.50. The van der Waals surface area contributed by atoms with Crippen molar-refractivity contribution in [2.24, 2.45) is 11.7 Å². The lowest BCUT2D eigenvalue weighted by Crippen LogP contribution is -2.42. The van der Waals surface area contributed by atoms with Crippen LogP contribution in [0.15, 0.2) is 30.3 Å². The highest BCUT2D eigenvalue weighted by atomic mass is 32.2. The van der Waals surface area contributed by atoms with Gasteiger partial charge in [-0.15, -0.1) is 11.8 Å². The van der Waals surface area contributed by atoms with Gasteiger partial charge in [0.15, 0.2) is 0 Å². The maximum atomic E-state index is 11.8. The maximum absolute atomic E-state index is 11.8. The van der Waals surface area contributed by atoms with Crippen molar-refractivity contribution in [2.45, 2.75) is 24.9 Å². The van der Waals surface area contributed by atoms with Crippen molar-refractivity contribution in [3.05, 3.63) is 35.9 Å². The minimum absolute atomic E-state index is 0.137. The summed E-state index contributed by atoms with van der Waals surface area (Å²) in [5.41, 5.74) is 6.11. The number of nitrogens with two attached hydrogens (primary N) is 1. The van der Waals surface area contributed by atoms with Gasteiger partial charge in [0.25, 0.3) is 0 Å². The third kappa shape index (κ3) is 4.79. The summed E-state index contributed by atoms with van der Waals surface area (Å²) >= 11 is 1.51. The number of hydrogen-bond donors (Lipinski definition) is 2. The van der Waals surface area contributed by atoms with Gasteiger partial charge in [-0.3, -0.25) is 10.1 Å². The molecule has 1 rings (SSSR count). The van der Waals surface area contributed by atoms with E-state index in [0.29, 0.717) is 0 Å². The van der Waals surface area contributed by atoms with E-state index in [1.54, 1.807) is 0 Å². The van der Waals surface area contributed by atoms with Crippen LogP contribution in [0.2, 0.25) is 0 Å². The monoisotopic (exact) mass is 266 g/mol. The fourth-order valence-electron chi connectivity index (χ4n) is 1.52. The number of imide groups is 1. The summed E-state index contributed by atoms with van der Waals surface area (Å²) in [6, 6.07) is 9.10. The third-order valence-electron chi connectivity index (χ3n) is 2.38. The highest BCUT2D eigenvalue weighted by molar-refractivity contribution is 7.99. The van der Waals surface area contributed by atoms with Crippen LogP contribution < -0.4 is 11.1 Å². The number of hydrogen-bond acceptors (Lipinski definition) is 3. The number of thioether (sulfide) groups is 1. The van der Waals surface area contributed by atoms with Gasteiger partial charge in [0.05, 0.1) is 5.25 Å². The quantitative estimate of drug-likeness (QED) is 0.857. The molecule has 98 valence electrons. The fraction of sp³-hybridized carbons (Fsp3) is 0.385. The number of benzene rings is 1. The first kappa shape index (κ1) is 14.6. The number of carbonyl (C=O) groups excluding carboxylic acids is 2. The van der Waals surface area contributed by atoms with Crippen LogP contribution in [0.4, 0.5) is 4.79 Å². The average Bonchev–Trinajstić information content (AvgIpc) is 2.29. The molecule has 5 heteroatoms. The van der Waals surface area contributed by atoms with Crippen molar-refractivity contribution in [2.75, 3.05) is 0 Å². The van der Waals surface area contributed by atoms with Crippen molar-refractivity contribution in [1.29, 1.82) is 0 Å². The first-order valence-corrected chi connectivity index (χ1v) is 6.81. The second kappa shape index (κ2) is 7.06. The molecule has 1 atom stereocenters. The normalized spacial score (nSPS) is 12.2. The van der Waals surface area contributed by atoms with Crippen LogP contribution in [0.3, 0.4) is 0 Å². The largest absolute Gasteiger partial charge is 0.351 e. The Hall–Kier alpha value is -1.49. The molecule has 0 heterocycles. The molecule has 0 saturated heterocycles. The molecule has 3 N–H and O–H groups in total. The molecule has 0 aliphatic rings. The summed E-state index contributed by atoms with van der Waals surface area (Å²) in [7, 11) is 0. The predicted molar refractivity (Wildman–Crippen MR) is 74.1 cm³/mol. The van der Waals surface area contributed by atoms with Gasteiger partial charge in [-0.05, 0) is 11.5 Å². The smallest absolute Gasteiger partial charge is 0.318 e. The summed E-state index contributed by atoms with van der Waals surface area (Å²) in [5.74, 6) is 0.548. The van der Waals surface area contributed by atoms with Gasteiger partial charge in [0.1, 0.15) is 0 Å². The van der Waals surface area contributed by atoms with E-state index in [0.717, 1.165) is 11.3 Å². The zero-order valence-corrected chi connectivity index (χ0v) is 11.4. The lowest BCUT2D eigenvalue weighted by molar-refractivity contribution is -0.120. The van der Waals surface area contributed by atoms with Crippen molar-refractivity contribution in [3.8, 4) is 0 Å². The highest BCUT2D eigenvalue weighted by Crippen LogP contribution is 2.23. The molecule has 3 amide bonds. The molecular formula is C13H18N2O2S. The molecule has 0 aliphatic heterocycles. The lowest BCUT2D eigenvalue weighted by Gasteiger charge is -2.18. The predicted octanol–water partition coefficient (Wildman–Crippen LogP) is 2.14. The molecule has 4 nitrogen and oxygen atoms in total. The average molecular weight is 266 g/mol. The van der Waals surface area contributed by atoms with Crippen molar-refractivity contribution < 1.29 is 9.59 Å². The topological polar surface area (TPSA) is 72.2 Å². The van der Waals surface area contributed by atoms with E-state index in [-0.39, 0.29) is 17.1 Å². The molecule has 0 aliphatic carbocycles.